The van der Waals surface area contributed by atoms with E-state index in [0.717, 1.165) is 34.1 Å². The zero-order valence-electron chi connectivity index (χ0n) is 10.6. The summed E-state index contributed by atoms with van der Waals surface area (Å²) in [4.78, 5) is 19.6. The molecule has 0 saturated heterocycles. The van der Waals surface area contributed by atoms with Crippen LogP contribution in [0, 0.1) is 0 Å². The summed E-state index contributed by atoms with van der Waals surface area (Å²) in [6.45, 7) is 5.36. The van der Waals surface area contributed by atoms with Gasteiger partial charge >= 0.3 is 0 Å². The quantitative estimate of drug-likeness (QED) is 0.836. The van der Waals surface area contributed by atoms with Crippen molar-refractivity contribution >= 4 is 10.8 Å². The molecule has 1 aliphatic rings. The van der Waals surface area contributed by atoms with Crippen LogP contribution in [-0.4, -0.2) is 16.6 Å². The van der Waals surface area contributed by atoms with Crippen LogP contribution in [0.2, 0.25) is 0 Å². The highest BCUT2D eigenvalue weighted by molar-refractivity contribution is 5.87. The molecule has 2 aromatic heterocycles. The Labute approximate surface area is 105 Å². The van der Waals surface area contributed by atoms with Gasteiger partial charge in [-0.25, -0.2) is 0 Å². The highest BCUT2D eigenvalue weighted by Crippen LogP contribution is 2.26. The second kappa shape index (κ2) is 4.21. The van der Waals surface area contributed by atoms with Crippen LogP contribution in [0.25, 0.3) is 10.8 Å². The summed E-state index contributed by atoms with van der Waals surface area (Å²) in [7, 11) is 0. The maximum Gasteiger partial charge on any atom is 0.257 e. The Kier molecular flexibility index (Phi) is 2.67. The van der Waals surface area contributed by atoms with E-state index >= 15 is 0 Å². The molecule has 2 aromatic rings. The number of ether oxygens (including phenoxy) is 1. The van der Waals surface area contributed by atoms with E-state index in [0.29, 0.717) is 13.2 Å². The molecule has 4 nitrogen and oxygen atoms in total. The van der Waals surface area contributed by atoms with Crippen LogP contribution in [0.4, 0.5) is 0 Å². The Morgan fingerprint density at radius 2 is 2.28 bits per heavy atom. The third-order valence-corrected chi connectivity index (χ3v) is 3.45. The fraction of sp³-hybridized carbons (Fsp3) is 0.429. The van der Waals surface area contributed by atoms with Crippen LogP contribution in [0.5, 0.6) is 0 Å². The summed E-state index contributed by atoms with van der Waals surface area (Å²) in [6.07, 6.45) is 2.56. The summed E-state index contributed by atoms with van der Waals surface area (Å²) in [5, 5.41) is 1.71. The first-order valence-electron chi connectivity index (χ1n) is 6.29. The molecule has 0 aromatic carbocycles. The molecule has 0 bridgehead atoms. The lowest BCUT2D eigenvalue weighted by molar-refractivity contribution is 0.110. The number of nitrogens with zero attached hydrogens (tertiary/aromatic N) is 1. The van der Waals surface area contributed by atoms with Gasteiger partial charge < -0.3 is 9.72 Å². The number of aromatic amines is 1. The zero-order valence-corrected chi connectivity index (χ0v) is 10.6. The van der Waals surface area contributed by atoms with E-state index in [9.17, 15) is 4.79 Å². The van der Waals surface area contributed by atoms with Gasteiger partial charge in [-0.3, -0.25) is 9.78 Å². The van der Waals surface area contributed by atoms with Crippen molar-refractivity contribution in [1.82, 2.24) is 9.97 Å². The van der Waals surface area contributed by atoms with Crippen molar-refractivity contribution in [3.8, 4) is 0 Å². The van der Waals surface area contributed by atoms with Gasteiger partial charge in [0.15, 0.2) is 0 Å². The molecule has 0 unspecified atom stereocenters. The molecule has 18 heavy (non-hydrogen) atoms. The maximum atomic E-state index is 12.2. The third-order valence-electron chi connectivity index (χ3n) is 3.45. The second-order valence-corrected chi connectivity index (χ2v) is 4.99. The minimum absolute atomic E-state index is 0.0255. The Hall–Kier alpha value is -1.68. The van der Waals surface area contributed by atoms with Gasteiger partial charge in [-0.05, 0) is 17.4 Å². The first kappa shape index (κ1) is 11.4. The molecule has 1 N–H and O–H groups in total. The minimum atomic E-state index is -0.0255. The van der Waals surface area contributed by atoms with Gasteiger partial charge in [0.25, 0.3) is 5.56 Å². The van der Waals surface area contributed by atoms with Crippen molar-refractivity contribution < 1.29 is 4.74 Å². The summed E-state index contributed by atoms with van der Waals surface area (Å²) in [5.41, 5.74) is 2.96. The van der Waals surface area contributed by atoms with Crippen molar-refractivity contribution in [3.63, 3.8) is 0 Å². The van der Waals surface area contributed by atoms with Gasteiger partial charge in [0, 0.05) is 23.9 Å². The summed E-state index contributed by atoms with van der Waals surface area (Å²) in [6, 6.07) is 1.92. The van der Waals surface area contributed by atoms with Crippen LogP contribution in [-0.2, 0) is 17.8 Å². The molecular weight excluding hydrogens is 228 g/mol. The van der Waals surface area contributed by atoms with E-state index in [-0.39, 0.29) is 11.5 Å². The fourth-order valence-corrected chi connectivity index (χ4v) is 2.57. The largest absolute Gasteiger partial charge is 0.376 e. The predicted molar refractivity (Wildman–Crippen MR) is 69.8 cm³/mol. The molecule has 0 spiro atoms. The molecule has 0 amide bonds. The first-order valence-corrected chi connectivity index (χ1v) is 6.29. The topological polar surface area (TPSA) is 55.0 Å². The maximum absolute atomic E-state index is 12.2. The number of pyridine rings is 2. The lowest BCUT2D eigenvalue weighted by Crippen LogP contribution is -2.20. The van der Waals surface area contributed by atoms with Gasteiger partial charge in [0.2, 0.25) is 0 Å². The Balaban J connectivity index is 2.42. The number of fused-ring (bicyclic) bond motifs is 3. The average Bonchev–Trinajstić information content (AvgIpc) is 2.38. The van der Waals surface area contributed by atoms with Crippen molar-refractivity contribution in [2.24, 2.45) is 0 Å². The average molecular weight is 244 g/mol. The molecular formula is C14H16N2O2. The molecule has 94 valence electrons. The van der Waals surface area contributed by atoms with Gasteiger partial charge in [0.05, 0.1) is 24.3 Å². The number of aromatic nitrogens is 2. The summed E-state index contributed by atoms with van der Waals surface area (Å²) in [5.74, 6) is 0.234. The van der Waals surface area contributed by atoms with Crippen LogP contribution < -0.4 is 5.56 Å². The SMILES string of the molecule is CC(C)c1nccc2c3c([nH]c(=O)c12)CCOC3. The minimum Gasteiger partial charge on any atom is -0.376 e. The lowest BCUT2D eigenvalue weighted by Gasteiger charge is -2.19. The van der Waals surface area contributed by atoms with Crippen molar-refractivity contribution in [2.45, 2.75) is 32.8 Å². The summed E-state index contributed by atoms with van der Waals surface area (Å²) >= 11 is 0. The first-order chi connectivity index (χ1) is 8.68. The predicted octanol–water partition coefficient (Wildman–Crippen LogP) is 2.12. The Morgan fingerprint density at radius 3 is 3.06 bits per heavy atom. The fourth-order valence-electron chi connectivity index (χ4n) is 2.57. The van der Waals surface area contributed by atoms with Crippen LogP contribution in [0.15, 0.2) is 17.1 Å². The van der Waals surface area contributed by atoms with E-state index < -0.39 is 0 Å². The van der Waals surface area contributed by atoms with E-state index in [2.05, 4.69) is 23.8 Å². The summed E-state index contributed by atoms with van der Waals surface area (Å²) < 4.78 is 5.50. The Morgan fingerprint density at radius 1 is 1.44 bits per heavy atom. The number of hydrogen-bond acceptors (Lipinski definition) is 3. The zero-order chi connectivity index (χ0) is 12.7. The van der Waals surface area contributed by atoms with Gasteiger partial charge in [-0.1, -0.05) is 13.8 Å². The number of H-pyrrole nitrogens is 1. The van der Waals surface area contributed by atoms with Crippen LogP contribution >= 0.6 is 0 Å². The molecule has 3 heterocycles. The molecule has 1 aliphatic heterocycles. The lowest BCUT2D eigenvalue weighted by atomic mass is 9.98. The van der Waals surface area contributed by atoms with E-state index in [1.165, 1.54) is 0 Å². The highest BCUT2D eigenvalue weighted by atomic mass is 16.5. The van der Waals surface area contributed by atoms with Crippen molar-refractivity contribution in [2.75, 3.05) is 6.61 Å². The monoisotopic (exact) mass is 244 g/mol. The normalized spacial score (nSPS) is 15.1. The van der Waals surface area contributed by atoms with Crippen LogP contribution in [0.3, 0.4) is 0 Å². The van der Waals surface area contributed by atoms with E-state index in [4.69, 9.17) is 4.74 Å². The second-order valence-electron chi connectivity index (χ2n) is 4.99. The van der Waals surface area contributed by atoms with Crippen molar-refractivity contribution in [1.29, 1.82) is 0 Å². The standard InChI is InChI=1S/C14H16N2O2/c1-8(2)13-12-9(3-5-15-13)10-7-18-6-4-11(10)16-14(12)17/h3,5,8H,4,6-7H2,1-2H3,(H,16,17). The molecule has 4 heteroatoms. The number of nitrogens with one attached hydrogen (secondary N) is 1. The number of hydrogen-bond donors (Lipinski definition) is 1. The van der Waals surface area contributed by atoms with Gasteiger partial charge in [0.1, 0.15) is 0 Å². The Bertz CT molecular complexity index is 659. The molecule has 0 atom stereocenters. The third kappa shape index (κ3) is 1.64. The molecule has 0 radical (unpaired) electrons. The van der Waals surface area contributed by atoms with Gasteiger partial charge in [-0.15, -0.1) is 0 Å². The molecule has 0 fully saturated rings. The molecule has 0 saturated carbocycles. The van der Waals surface area contributed by atoms with Crippen LogP contribution in [0.1, 0.15) is 36.7 Å². The highest BCUT2D eigenvalue weighted by Gasteiger charge is 2.18. The van der Waals surface area contributed by atoms with Gasteiger partial charge in [-0.2, -0.15) is 0 Å². The van der Waals surface area contributed by atoms with E-state index in [1.807, 2.05) is 6.07 Å². The van der Waals surface area contributed by atoms with E-state index in [1.54, 1.807) is 6.20 Å². The molecule has 3 rings (SSSR count). The smallest absolute Gasteiger partial charge is 0.257 e. The van der Waals surface area contributed by atoms with Crippen molar-refractivity contribution in [3.05, 3.63) is 39.6 Å². The molecule has 0 aliphatic carbocycles. The number of rotatable bonds is 1.